The number of anilines is 1. The molecule has 0 aliphatic rings. The van der Waals surface area contributed by atoms with E-state index >= 15 is 0 Å². The molecule has 0 radical (unpaired) electrons. The number of rotatable bonds is 5. The number of phenolic OH excluding ortho intramolecular Hbond substituents is 1. The number of amides is 1. The number of benzene rings is 3. The molecule has 0 heterocycles. The van der Waals surface area contributed by atoms with E-state index in [4.69, 9.17) is 9.47 Å². The molecule has 0 fully saturated rings. The van der Waals surface area contributed by atoms with E-state index < -0.39 is 0 Å². The quantitative estimate of drug-likeness (QED) is 0.738. The third kappa shape index (κ3) is 3.95. The fourth-order valence-corrected chi connectivity index (χ4v) is 2.47. The average Bonchev–Trinajstić information content (AvgIpc) is 2.69. The summed E-state index contributed by atoms with van der Waals surface area (Å²) >= 11 is 0. The summed E-state index contributed by atoms with van der Waals surface area (Å²) in [6.07, 6.45) is 0. The first-order chi connectivity index (χ1) is 12.6. The largest absolute Gasteiger partial charge is 0.508 e. The Bertz CT molecular complexity index is 906. The van der Waals surface area contributed by atoms with Gasteiger partial charge in [-0.05, 0) is 54.6 Å². The Hall–Kier alpha value is -3.47. The van der Waals surface area contributed by atoms with E-state index in [1.54, 1.807) is 79.7 Å². The summed E-state index contributed by atoms with van der Waals surface area (Å²) in [4.78, 5) is 14.3. The van der Waals surface area contributed by atoms with Gasteiger partial charge in [-0.3, -0.25) is 4.79 Å². The fraction of sp³-hybridized carbons (Fsp3) is 0.0952. The first-order valence-corrected chi connectivity index (χ1v) is 8.06. The SMILES string of the molecule is COc1cccc(C(=O)N(C)c2cccc(Oc3ccc(O)cc3)c2)c1. The highest BCUT2D eigenvalue weighted by atomic mass is 16.5. The van der Waals surface area contributed by atoms with E-state index in [1.807, 2.05) is 12.1 Å². The van der Waals surface area contributed by atoms with Gasteiger partial charge in [-0.2, -0.15) is 0 Å². The molecule has 0 saturated carbocycles. The van der Waals surface area contributed by atoms with Crippen LogP contribution in [-0.4, -0.2) is 25.2 Å². The van der Waals surface area contributed by atoms with Crippen LogP contribution in [0.25, 0.3) is 0 Å². The number of hydrogen-bond donors (Lipinski definition) is 1. The molecule has 3 rings (SSSR count). The number of nitrogens with zero attached hydrogens (tertiary/aromatic N) is 1. The van der Waals surface area contributed by atoms with Crippen LogP contribution in [0.1, 0.15) is 10.4 Å². The minimum atomic E-state index is -0.148. The Balaban J connectivity index is 1.80. The van der Waals surface area contributed by atoms with Gasteiger partial charge in [-0.1, -0.05) is 12.1 Å². The van der Waals surface area contributed by atoms with Gasteiger partial charge in [-0.25, -0.2) is 0 Å². The molecule has 132 valence electrons. The molecule has 0 bridgehead atoms. The van der Waals surface area contributed by atoms with Crippen molar-refractivity contribution in [1.29, 1.82) is 0 Å². The van der Waals surface area contributed by atoms with E-state index in [0.717, 1.165) is 0 Å². The second kappa shape index (κ2) is 7.61. The summed E-state index contributed by atoms with van der Waals surface area (Å²) in [5.41, 5.74) is 1.24. The van der Waals surface area contributed by atoms with Gasteiger partial charge in [0.25, 0.3) is 5.91 Å². The van der Waals surface area contributed by atoms with Gasteiger partial charge < -0.3 is 19.5 Å². The molecule has 0 atom stereocenters. The van der Waals surface area contributed by atoms with Crippen molar-refractivity contribution >= 4 is 11.6 Å². The summed E-state index contributed by atoms with van der Waals surface area (Å²) in [6.45, 7) is 0. The lowest BCUT2D eigenvalue weighted by Gasteiger charge is -2.18. The standard InChI is InChI=1S/C21H19NO4/c1-22(21(24)15-5-3-7-19(13-15)25-2)16-6-4-8-20(14-16)26-18-11-9-17(23)10-12-18/h3-14,23H,1-2H3. The lowest BCUT2D eigenvalue weighted by molar-refractivity contribution is 0.0992. The zero-order valence-corrected chi connectivity index (χ0v) is 14.5. The number of carbonyl (C=O) groups excluding carboxylic acids is 1. The van der Waals surface area contributed by atoms with Gasteiger partial charge in [-0.15, -0.1) is 0 Å². The molecule has 0 aromatic heterocycles. The maximum absolute atomic E-state index is 12.7. The molecule has 0 spiro atoms. The minimum absolute atomic E-state index is 0.148. The maximum Gasteiger partial charge on any atom is 0.258 e. The van der Waals surface area contributed by atoms with E-state index in [1.165, 1.54) is 0 Å². The molecular formula is C21H19NO4. The number of carbonyl (C=O) groups is 1. The smallest absolute Gasteiger partial charge is 0.258 e. The lowest BCUT2D eigenvalue weighted by atomic mass is 10.1. The third-order valence-corrected chi connectivity index (χ3v) is 3.90. The summed E-state index contributed by atoms with van der Waals surface area (Å²) in [5, 5.41) is 9.34. The predicted octanol–water partition coefficient (Wildman–Crippen LogP) is 4.47. The summed E-state index contributed by atoms with van der Waals surface area (Å²) in [7, 11) is 3.28. The normalized spacial score (nSPS) is 10.2. The molecule has 3 aromatic rings. The zero-order chi connectivity index (χ0) is 18.5. The second-order valence-electron chi connectivity index (χ2n) is 5.69. The number of aromatic hydroxyl groups is 1. The highest BCUT2D eigenvalue weighted by Gasteiger charge is 2.15. The van der Waals surface area contributed by atoms with Crippen LogP contribution in [0.2, 0.25) is 0 Å². The van der Waals surface area contributed by atoms with Gasteiger partial charge in [0.1, 0.15) is 23.0 Å². The Morgan fingerprint density at radius 1 is 0.885 bits per heavy atom. The number of phenols is 1. The fourth-order valence-electron chi connectivity index (χ4n) is 2.47. The van der Waals surface area contributed by atoms with Gasteiger partial charge in [0.2, 0.25) is 0 Å². The van der Waals surface area contributed by atoms with Gasteiger partial charge in [0.15, 0.2) is 0 Å². The third-order valence-electron chi connectivity index (χ3n) is 3.90. The van der Waals surface area contributed by atoms with Crippen molar-refractivity contribution in [2.24, 2.45) is 0 Å². The predicted molar refractivity (Wildman–Crippen MR) is 100 cm³/mol. The second-order valence-corrected chi connectivity index (χ2v) is 5.69. The Morgan fingerprint density at radius 3 is 2.31 bits per heavy atom. The molecule has 0 aliphatic carbocycles. The van der Waals surface area contributed by atoms with Gasteiger partial charge in [0, 0.05) is 24.4 Å². The van der Waals surface area contributed by atoms with Crippen molar-refractivity contribution in [2.75, 3.05) is 19.1 Å². The Morgan fingerprint density at radius 2 is 1.58 bits per heavy atom. The van der Waals surface area contributed by atoms with Crippen molar-refractivity contribution in [3.63, 3.8) is 0 Å². The van der Waals surface area contributed by atoms with Crippen LogP contribution in [0, 0.1) is 0 Å². The summed E-state index contributed by atoms with van der Waals surface area (Å²) < 4.78 is 11.0. The van der Waals surface area contributed by atoms with Crippen molar-refractivity contribution in [3.8, 4) is 23.0 Å². The Kier molecular flexibility index (Phi) is 5.08. The highest BCUT2D eigenvalue weighted by molar-refractivity contribution is 6.06. The lowest BCUT2D eigenvalue weighted by Crippen LogP contribution is -2.26. The van der Waals surface area contributed by atoms with Crippen molar-refractivity contribution in [1.82, 2.24) is 0 Å². The monoisotopic (exact) mass is 349 g/mol. The Labute approximate surface area is 152 Å². The van der Waals surface area contributed by atoms with Crippen LogP contribution in [0.15, 0.2) is 72.8 Å². The van der Waals surface area contributed by atoms with Crippen LogP contribution >= 0.6 is 0 Å². The molecule has 0 aliphatic heterocycles. The molecule has 0 saturated heterocycles. The molecule has 5 nitrogen and oxygen atoms in total. The summed E-state index contributed by atoms with van der Waals surface area (Å²) in [6, 6.07) is 20.7. The van der Waals surface area contributed by atoms with Crippen LogP contribution in [0.5, 0.6) is 23.0 Å². The van der Waals surface area contributed by atoms with E-state index in [2.05, 4.69) is 0 Å². The van der Waals surface area contributed by atoms with Crippen LogP contribution in [0.3, 0.4) is 0 Å². The van der Waals surface area contributed by atoms with Crippen LogP contribution in [-0.2, 0) is 0 Å². The summed E-state index contributed by atoms with van der Waals surface area (Å²) in [5.74, 6) is 1.86. The minimum Gasteiger partial charge on any atom is -0.508 e. The van der Waals surface area contributed by atoms with E-state index in [9.17, 15) is 9.90 Å². The molecule has 1 N–H and O–H groups in total. The molecule has 0 unspecified atom stereocenters. The van der Waals surface area contributed by atoms with E-state index in [-0.39, 0.29) is 11.7 Å². The number of hydrogen-bond acceptors (Lipinski definition) is 4. The molecule has 3 aromatic carbocycles. The maximum atomic E-state index is 12.7. The highest BCUT2D eigenvalue weighted by Crippen LogP contribution is 2.27. The van der Waals surface area contributed by atoms with Gasteiger partial charge >= 0.3 is 0 Å². The molecular weight excluding hydrogens is 330 g/mol. The van der Waals surface area contributed by atoms with Crippen molar-refractivity contribution in [2.45, 2.75) is 0 Å². The molecule has 1 amide bonds. The number of ether oxygens (including phenoxy) is 2. The van der Waals surface area contributed by atoms with Gasteiger partial charge in [0.05, 0.1) is 7.11 Å². The zero-order valence-electron chi connectivity index (χ0n) is 14.5. The first-order valence-electron chi connectivity index (χ1n) is 8.06. The molecule has 26 heavy (non-hydrogen) atoms. The molecule has 5 heteroatoms. The van der Waals surface area contributed by atoms with Crippen molar-refractivity contribution in [3.05, 3.63) is 78.4 Å². The first kappa shape index (κ1) is 17.4. The topological polar surface area (TPSA) is 59.0 Å². The average molecular weight is 349 g/mol. The van der Waals surface area contributed by atoms with Crippen LogP contribution < -0.4 is 14.4 Å². The van der Waals surface area contributed by atoms with E-state index in [0.29, 0.717) is 28.5 Å². The van der Waals surface area contributed by atoms with Crippen molar-refractivity contribution < 1.29 is 19.4 Å². The number of methoxy groups -OCH3 is 1. The van der Waals surface area contributed by atoms with Crippen LogP contribution in [0.4, 0.5) is 5.69 Å².